The Morgan fingerprint density at radius 1 is 1.08 bits per heavy atom. The maximum atomic E-state index is 12.9. The number of nitrogens with zero attached hydrogens (tertiary/aromatic N) is 3. The number of piperazine rings is 1. The van der Waals surface area contributed by atoms with Crippen LogP contribution in [-0.4, -0.2) is 53.4 Å². The van der Waals surface area contributed by atoms with E-state index in [2.05, 4.69) is 28.9 Å². The molecule has 2 aromatic carbocycles. The van der Waals surface area contributed by atoms with Gasteiger partial charge in [-0.25, -0.2) is 4.98 Å². The van der Waals surface area contributed by atoms with E-state index in [0.29, 0.717) is 11.5 Å². The van der Waals surface area contributed by atoms with Gasteiger partial charge >= 0.3 is 0 Å². The van der Waals surface area contributed by atoms with Crippen LogP contribution in [0.15, 0.2) is 53.3 Å². The highest BCUT2D eigenvalue weighted by Crippen LogP contribution is 2.27. The predicted molar refractivity (Wildman–Crippen MR) is 97.5 cm³/mol. The number of rotatable bonds is 3. The first kappa shape index (κ1) is 15.8. The number of aromatic nitrogens is 1. The van der Waals surface area contributed by atoms with Crippen molar-refractivity contribution in [2.75, 3.05) is 32.7 Å². The molecule has 25 heavy (non-hydrogen) atoms. The van der Waals surface area contributed by atoms with Gasteiger partial charge in [-0.1, -0.05) is 43.3 Å². The van der Waals surface area contributed by atoms with Crippen LogP contribution < -0.4 is 0 Å². The van der Waals surface area contributed by atoms with E-state index in [1.807, 2.05) is 35.2 Å². The van der Waals surface area contributed by atoms with Gasteiger partial charge in [-0.2, -0.15) is 0 Å². The number of amides is 1. The summed E-state index contributed by atoms with van der Waals surface area (Å²) < 4.78 is 5.58. The van der Waals surface area contributed by atoms with Gasteiger partial charge in [-0.3, -0.25) is 4.79 Å². The molecule has 0 saturated carbocycles. The summed E-state index contributed by atoms with van der Waals surface area (Å²) in [6, 6.07) is 14.2. The maximum absolute atomic E-state index is 12.9. The summed E-state index contributed by atoms with van der Waals surface area (Å²) in [5.74, 6) is 0.501. The molecule has 0 unspecified atom stereocenters. The third-order valence-electron chi connectivity index (χ3n) is 4.89. The number of fused-ring (bicyclic) bond motifs is 1. The largest absolute Gasteiger partial charge is 0.443 e. The summed E-state index contributed by atoms with van der Waals surface area (Å²) in [5.41, 5.74) is 1.28. The molecule has 1 aliphatic heterocycles. The number of oxazole rings is 1. The van der Waals surface area contributed by atoms with Crippen molar-refractivity contribution < 1.29 is 9.21 Å². The number of likely N-dealkylation sites (N-methyl/N-ethyl adjacent to an activating group) is 1. The summed E-state index contributed by atoms with van der Waals surface area (Å²) in [7, 11) is 0. The maximum Gasteiger partial charge on any atom is 0.276 e. The van der Waals surface area contributed by atoms with E-state index in [1.165, 1.54) is 6.39 Å². The SMILES string of the molecule is CCN1CCN(C(=O)c2ncoc2-c2ccc3ccccc3c2)CC1. The Hall–Kier alpha value is -2.66. The van der Waals surface area contributed by atoms with Crippen LogP contribution in [0, 0.1) is 0 Å². The molecule has 5 nitrogen and oxygen atoms in total. The van der Waals surface area contributed by atoms with E-state index < -0.39 is 0 Å². The fourth-order valence-electron chi connectivity index (χ4n) is 3.35. The molecule has 3 aromatic rings. The van der Waals surface area contributed by atoms with Gasteiger partial charge in [-0.05, 0) is 23.4 Å². The monoisotopic (exact) mass is 335 g/mol. The normalized spacial score (nSPS) is 15.6. The molecule has 0 atom stereocenters. The standard InChI is InChI=1S/C20H21N3O2/c1-2-22-9-11-23(12-10-22)20(24)18-19(25-14-21-18)17-8-7-15-5-3-4-6-16(15)13-17/h3-8,13-14H,2,9-12H2,1H3. The Morgan fingerprint density at radius 3 is 2.60 bits per heavy atom. The minimum Gasteiger partial charge on any atom is -0.443 e. The van der Waals surface area contributed by atoms with Crippen LogP contribution in [0.1, 0.15) is 17.4 Å². The third-order valence-corrected chi connectivity index (χ3v) is 4.89. The first-order valence-corrected chi connectivity index (χ1v) is 8.70. The fourth-order valence-corrected chi connectivity index (χ4v) is 3.35. The lowest BCUT2D eigenvalue weighted by molar-refractivity contribution is 0.0638. The number of hydrogen-bond acceptors (Lipinski definition) is 4. The smallest absolute Gasteiger partial charge is 0.276 e. The number of benzene rings is 2. The Morgan fingerprint density at radius 2 is 1.84 bits per heavy atom. The van der Waals surface area contributed by atoms with Gasteiger partial charge in [0.15, 0.2) is 17.8 Å². The second-order valence-corrected chi connectivity index (χ2v) is 6.32. The van der Waals surface area contributed by atoms with E-state index in [4.69, 9.17) is 4.42 Å². The average molecular weight is 335 g/mol. The molecule has 0 radical (unpaired) electrons. The first-order valence-electron chi connectivity index (χ1n) is 8.70. The van der Waals surface area contributed by atoms with Crippen molar-refractivity contribution in [1.82, 2.24) is 14.8 Å². The average Bonchev–Trinajstić information content (AvgIpc) is 3.17. The van der Waals surface area contributed by atoms with Crippen molar-refractivity contribution in [2.45, 2.75) is 6.92 Å². The molecule has 1 aromatic heterocycles. The fraction of sp³-hybridized carbons (Fsp3) is 0.300. The van der Waals surface area contributed by atoms with Crippen molar-refractivity contribution in [2.24, 2.45) is 0 Å². The van der Waals surface area contributed by atoms with Crippen LogP contribution in [0.2, 0.25) is 0 Å². The molecule has 1 amide bonds. The van der Waals surface area contributed by atoms with E-state index in [-0.39, 0.29) is 5.91 Å². The van der Waals surface area contributed by atoms with Gasteiger partial charge in [0.25, 0.3) is 5.91 Å². The van der Waals surface area contributed by atoms with Crippen molar-refractivity contribution in [1.29, 1.82) is 0 Å². The van der Waals surface area contributed by atoms with Gasteiger partial charge in [-0.15, -0.1) is 0 Å². The Balaban J connectivity index is 1.62. The van der Waals surface area contributed by atoms with Gasteiger partial charge in [0.05, 0.1) is 0 Å². The zero-order valence-corrected chi connectivity index (χ0v) is 14.3. The van der Waals surface area contributed by atoms with Gasteiger partial charge in [0.2, 0.25) is 0 Å². The second kappa shape index (κ2) is 6.69. The van der Waals surface area contributed by atoms with Gasteiger partial charge in [0, 0.05) is 31.7 Å². The molecule has 4 rings (SSSR count). The highest BCUT2D eigenvalue weighted by atomic mass is 16.3. The third kappa shape index (κ3) is 3.03. The molecule has 0 N–H and O–H groups in total. The van der Waals surface area contributed by atoms with Crippen molar-refractivity contribution in [3.8, 4) is 11.3 Å². The molecule has 0 aliphatic carbocycles. The molecule has 2 heterocycles. The highest BCUT2D eigenvalue weighted by Gasteiger charge is 2.26. The van der Waals surface area contributed by atoms with E-state index in [1.54, 1.807) is 0 Å². The van der Waals surface area contributed by atoms with E-state index >= 15 is 0 Å². The minimum atomic E-state index is -0.0485. The lowest BCUT2D eigenvalue weighted by atomic mass is 10.0. The van der Waals surface area contributed by atoms with Gasteiger partial charge < -0.3 is 14.2 Å². The summed E-state index contributed by atoms with van der Waals surface area (Å²) in [6.45, 7) is 6.45. The van der Waals surface area contributed by atoms with Crippen molar-refractivity contribution >= 4 is 16.7 Å². The molecular formula is C20H21N3O2. The Bertz CT molecular complexity index is 895. The van der Waals surface area contributed by atoms with Crippen LogP contribution >= 0.6 is 0 Å². The quantitative estimate of drug-likeness (QED) is 0.737. The first-order chi connectivity index (χ1) is 12.3. The lowest BCUT2D eigenvalue weighted by Crippen LogP contribution is -2.48. The van der Waals surface area contributed by atoms with Crippen LogP contribution in [0.25, 0.3) is 22.1 Å². The Labute approximate surface area is 146 Å². The Kier molecular flexibility index (Phi) is 4.24. The minimum absolute atomic E-state index is 0.0485. The summed E-state index contributed by atoms with van der Waals surface area (Å²) in [5, 5.41) is 2.28. The molecule has 1 aliphatic rings. The molecule has 5 heteroatoms. The molecular weight excluding hydrogens is 314 g/mol. The summed E-state index contributed by atoms with van der Waals surface area (Å²) >= 11 is 0. The topological polar surface area (TPSA) is 49.6 Å². The number of carbonyl (C=O) groups is 1. The highest BCUT2D eigenvalue weighted by molar-refractivity contribution is 5.98. The molecule has 128 valence electrons. The van der Waals surface area contributed by atoms with E-state index in [0.717, 1.165) is 49.1 Å². The number of hydrogen-bond donors (Lipinski definition) is 0. The predicted octanol–water partition coefficient (Wildman–Crippen LogP) is 3.27. The molecule has 1 fully saturated rings. The lowest BCUT2D eigenvalue weighted by Gasteiger charge is -2.33. The molecule has 1 saturated heterocycles. The van der Waals surface area contributed by atoms with Crippen LogP contribution in [0.4, 0.5) is 0 Å². The zero-order valence-electron chi connectivity index (χ0n) is 14.3. The van der Waals surface area contributed by atoms with E-state index in [9.17, 15) is 4.79 Å². The van der Waals surface area contributed by atoms with Gasteiger partial charge in [0.1, 0.15) is 0 Å². The zero-order chi connectivity index (χ0) is 17.2. The molecule has 0 spiro atoms. The van der Waals surface area contributed by atoms with Crippen LogP contribution in [0.5, 0.6) is 0 Å². The van der Waals surface area contributed by atoms with Crippen molar-refractivity contribution in [3.63, 3.8) is 0 Å². The summed E-state index contributed by atoms with van der Waals surface area (Å²) in [6.07, 6.45) is 1.36. The summed E-state index contributed by atoms with van der Waals surface area (Å²) in [4.78, 5) is 21.3. The van der Waals surface area contributed by atoms with Crippen LogP contribution in [-0.2, 0) is 0 Å². The second-order valence-electron chi connectivity index (χ2n) is 6.32. The number of carbonyl (C=O) groups excluding carboxylic acids is 1. The molecule has 0 bridgehead atoms. The van der Waals surface area contributed by atoms with Crippen LogP contribution in [0.3, 0.4) is 0 Å². The van der Waals surface area contributed by atoms with Crippen molar-refractivity contribution in [3.05, 3.63) is 54.6 Å².